The van der Waals surface area contributed by atoms with Crippen molar-refractivity contribution in [2.75, 3.05) is 6.54 Å². The van der Waals surface area contributed by atoms with Crippen LogP contribution in [0, 0.1) is 17.8 Å². The smallest absolute Gasteiger partial charge is 0.329 e. The SMILES string of the molecule is CC(NC(=O)C1CCC(CN)CC1)(C(=O)O)C1CC1. The molecule has 0 heterocycles. The van der Waals surface area contributed by atoms with Crippen molar-refractivity contribution in [2.24, 2.45) is 23.5 Å². The zero-order valence-electron chi connectivity index (χ0n) is 11.5. The Bertz CT molecular complexity index is 360. The van der Waals surface area contributed by atoms with Gasteiger partial charge < -0.3 is 16.2 Å². The molecule has 1 amide bonds. The minimum atomic E-state index is -1.08. The number of nitrogens with two attached hydrogens (primary N) is 1. The monoisotopic (exact) mass is 268 g/mol. The topological polar surface area (TPSA) is 92.4 Å². The summed E-state index contributed by atoms with van der Waals surface area (Å²) in [5, 5.41) is 12.1. The Morgan fingerprint density at radius 1 is 1.21 bits per heavy atom. The van der Waals surface area contributed by atoms with Crippen LogP contribution in [0.15, 0.2) is 0 Å². The van der Waals surface area contributed by atoms with Gasteiger partial charge in [0.25, 0.3) is 0 Å². The van der Waals surface area contributed by atoms with E-state index in [-0.39, 0.29) is 17.7 Å². The number of carbonyl (C=O) groups is 2. The van der Waals surface area contributed by atoms with E-state index in [9.17, 15) is 14.7 Å². The zero-order valence-corrected chi connectivity index (χ0v) is 11.5. The molecule has 0 spiro atoms. The summed E-state index contributed by atoms with van der Waals surface area (Å²) in [6.07, 6.45) is 5.39. The molecular weight excluding hydrogens is 244 g/mol. The highest BCUT2D eigenvalue weighted by molar-refractivity contribution is 5.88. The van der Waals surface area contributed by atoms with E-state index in [1.54, 1.807) is 6.92 Å². The van der Waals surface area contributed by atoms with Gasteiger partial charge in [-0.3, -0.25) is 4.79 Å². The summed E-state index contributed by atoms with van der Waals surface area (Å²) in [6, 6.07) is 0. The molecule has 108 valence electrons. The molecule has 0 aromatic heterocycles. The van der Waals surface area contributed by atoms with Crippen LogP contribution in [0.4, 0.5) is 0 Å². The lowest BCUT2D eigenvalue weighted by molar-refractivity contribution is -0.148. The second-order valence-electron chi connectivity index (χ2n) is 6.22. The molecular formula is C14H24N2O3. The van der Waals surface area contributed by atoms with E-state index in [1.165, 1.54) is 0 Å². The van der Waals surface area contributed by atoms with E-state index in [1.807, 2.05) is 0 Å². The molecule has 1 unspecified atom stereocenters. The molecule has 0 saturated heterocycles. The van der Waals surface area contributed by atoms with Crippen LogP contribution in [0.1, 0.15) is 45.4 Å². The minimum absolute atomic E-state index is 0.0415. The lowest BCUT2D eigenvalue weighted by Crippen LogP contribution is -2.55. The fourth-order valence-corrected chi connectivity index (χ4v) is 3.01. The summed E-state index contributed by atoms with van der Waals surface area (Å²) in [5.41, 5.74) is 4.55. The van der Waals surface area contributed by atoms with Gasteiger partial charge in [0, 0.05) is 5.92 Å². The first-order valence-corrected chi connectivity index (χ1v) is 7.23. The Balaban J connectivity index is 1.91. The molecule has 5 heteroatoms. The van der Waals surface area contributed by atoms with E-state index in [0.29, 0.717) is 12.5 Å². The molecule has 2 aliphatic carbocycles. The fraction of sp³-hybridized carbons (Fsp3) is 0.857. The summed E-state index contributed by atoms with van der Waals surface area (Å²) >= 11 is 0. The van der Waals surface area contributed by atoms with Gasteiger partial charge in [0.05, 0.1) is 0 Å². The van der Waals surface area contributed by atoms with E-state index < -0.39 is 11.5 Å². The van der Waals surface area contributed by atoms with E-state index >= 15 is 0 Å². The van der Waals surface area contributed by atoms with Gasteiger partial charge in [0.2, 0.25) is 5.91 Å². The summed E-state index contributed by atoms with van der Waals surface area (Å²) in [5.74, 6) is -0.431. The first kappa shape index (κ1) is 14.3. The number of rotatable bonds is 5. The maximum Gasteiger partial charge on any atom is 0.329 e. The minimum Gasteiger partial charge on any atom is -0.480 e. The highest BCUT2D eigenvalue weighted by Gasteiger charge is 2.49. The quantitative estimate of drug-likeness (QED) is 0.696. The Hall–Kier alpha value is -1.10. The standard InChI is InChI=1S/C14H24N2O3/c1-14(13(18)19,11-6-7-11)16-12(17)10-4-2-9(8-15)3-5-10/h9-11H,2-8,15H2,1H3,(H,16,17)(H,18,19). The molecule has 0 bridgehead atoms. The summed E-state index contributed by atoms with van der Waals surface area (Å²) in [6.45, 7) is 2.32. The molecule has 2 fully saturated rings. The lowest BCUT2D eigenvalue weighted by Gasteiger charge is -2.31. The van der Waals surface area contributed by atoms with E-state index in [2.05, 4.69) is 5.32 Å². The molecule has 2 aliphatic rings. The highest BCUT2D eigenvalue weighted by Crippen LogP contribution is 2.40. The van der Waals surface area contributed by atoms with Crippen LogP contribution in [0.2, 0.25) is 0 Å². The number of carbonyl (C=O) groups excluding carboxylic acids is 1. The van der Waals surface area contributed by atoms with Crippen LogP contribution in [0.25, 0.3) is 0 Å². The molecule has 0 aliphatic heterocycles. The molecule has 0 radical (unpaired) electrons. The van der Waals surface area contributed by atoms with Crippen molar-refractivity contribution >= 4 is 11.9 Å². The van der Waals surface area contributed by atoms with Crippen molar-refractivity contribution in [3.05, 3.63) is 0 Å². The first-order chi connectivity index (χ1) is 8.97. The number of aliphatic carboxylic acids is 1. The molecule has 5 nitrogen and oxygen atoms in total. The van der Waals surface area contributed by atoms with Crippen LogP contribution in [-0.2, 0) is 9.59 Å². The van der Waals surface area contributed by atoms with Gasteiger partial charge in [-0.1, -0.05) is 0 Å². The fourth-order valence-electron chi connectivity index (χ4n) is 3.01. The second-order valence-corrected chi connectivity index (χ2v) is 6.22. The largest absolute Gasteiger partial charge is 0.480 e. The van der Waals surface area contributed by atoms with Gasteiger partial charge in [-0.05, 0) is 63.8 Å². The predicted octanol–water partition coefficient (Wildman–Crippen LogP) is 1.12. The van der Waals surface area contributed by atoms with Crippen molar-refractivity contribution < 1.29 is 14.7 Å². The van der Waals surface area contributed by atoms with Gasteiger partial charge in [-0.15, -0.1) is 0 Å². The Labute approximate surface area is 113 Å². The molecule has 0 aromatic rings. The van der Waals surface area contributed by atoms with Gasteiger partial charge in [-0.25, -0.2) is 4.79 Å². The molecule has 4 N–H and O–H groups in total. The Morgan fingerprint density at radius 2 is 1.79 bits per heavy atom. The van der Waals surface area contributed by atoms with Gasteiger partial charge in [-0.2, -0.15) is 0 Å². The van der Waals surface area contributed by atoms with Gasteiger partial charge in [0.15, 0.2) is 0 Å². The van der Waals surface area contributed by atoms with Gasteiger partial charge in [0.1, 0.15) is 5.54 Å². The molecule has 2 saturated carbocycles. The number of amides is 1. The average Bonchev–Trinajstić information content (AvgIpc) is 3.23. The van der Waals surface area contributed by atoms with E-state index in [0.717, 1.165) is 38.5 Å². The molecule has 1 atom stereocenters. The number of carboxylic acids is 1. The second kappa shape index (κ2) is 5.49. The maximum absolute atomic E-state index is 12.2. The Kier molecular flexibility index (Phi) is 4.13. The zero-order chi connectivity index (χ0) is 14.0. The molecule has 19 heavy (non-hydrogen) atoms. The average molecular weight is 268 g/mol. The van der Waals surface area contributed by atoms with Crippen molar-refractivity contribution in [2.45, 2.75) is 51.0 Å². The van der Waals surface area contributed by atoms with Crippen LogP contribution in [-0.4, -0.2) is 29.1 Å². The third-order valence-electron chi connectivity index (χ3n) is 4.77. The van der Waals surface area contributed by atoms with E-state index in [4.69, 9.17) is 5.73 Å². The number of nitrogens with one attached hydrogen (secondary N) is 1. The van der Waals surface area contributed by atoms with Crippen LogP contribution in [0.5, 0.6) is 0 Å². The van der Waals surface area contributed by atoms with Crippen LogP contribution in [0.3, 0.4) is 0 Å². The number of hydrogen-bond acceptors (Lipinski definition) is 3. The lowest BCUT2D eigenvalue weighted by atomic mass is 9.81. The van der Waals surface area contributed by atoms with Crippen molar-refractivity contribution in [1.29, 1.82) is 0 Å². The maximum atomic E-state index is 12.2. The number of hydrogen-bond donors (Lipinski definition) is 3. The summed E-state index contributed by atoms with van der Waals surface area (Å²) in [4.78, 5) is 23.6. The van der Waals surface area contributed by atoms with Crippen molar-refractivity contribution in [3.8, 4) is 0 Å². The first-order valence-electron chi connectivity index (χ1n) is 7.23. The van der Waals surface area contributed by atoms with Crippen molar-refractivity contribution in [1.82, 2.24) is 5.32 Å². The third-order valence-corrected chi connectivity index (χ3v) is 4.77. The molecule has 0 aromatic carbocycles. The van der Waals surface area contributed by atoms with Crippen LogP contribution < -0.4 is 11.1 Å². The summed E-state index contributed by atoms with van der Waals surface area (Å²) < 4.78 is 0. The van der Waals surface area contributed by atoms with Gasteiger partial charge >= 0.3 is 5.97 Å². The van der Waals surface area contributed by atoms with Crippen LogP contribution >= 0.6 is 0 Å². The Morgan fingerprint density at radius 3 is 2.21 bits per heavy atom. The molecule has 2 rings (SSSR count). The third kappa shape index (κ3) is 3.08. The predicted molar refractivity (Wildman–Crippen MR) is 71.4 cm³/mol. The number of carboxylic acid groups (broad SMARTS) is 1. The summed E-state index contributed by atoms with van der Waals surface area (Å²) in [7, 11) is 0. The van der Waals surface area contributed by atoms with Crippen molar-refractivity contribution in [3.63, 3.8) is 0 Å². The highest BCUT2D eigenvalue weighted by atomic mass is 16.4. The normalized spacial score (nSPS) is 30.4.